The highest BCUT2D eigenvalue weighted by molar-refractivity contribution is 7.19. The van der Waals surface area contributed by atoms with E-state index in [0.717, 1.165) is 22.4 Å². The number of thiophene rings is 1. The van der Waals surface area contributed by atoms with Crippen molar-refractivity contribution in [2.45, 2.75) is 57.9 Å². The van der Waals surface area contributed by atoms with Gasteiger partial charge in [-0.05, 0) is 63.0 Å². The predicted octanol–water partition coefficient (Wildman–Crippen LogP) is 4.12. The van der Waals surface area contributed by atoms with E-state index < -0.39 is 23.5 Å². The van der Waals surface area contributed by atoms with Gasteiger partial charge < -0.3 is 10.0 Å². The van der Waals surface area contributed by atoms with E-state index in [2.05, 4.69) is 0 Å². The Morgan fingerprint density at radius 2 is 1.91 bits per heavy atom. The number of ketones is 1. The molecule has 1 fully saturated rings. The summed E-state index contributed by atoms with van der Waals surface area (Å²) in [5.41, 5.74) is 0.948. The number of amides is 3. The minimum absolute atomic E-state index is 0.0215. The lowest BCUT2D eigenvalue weighted by molar-refractivity contribution is -0.142. The second-order valence-electron chi connectivity index (χ2n) is 9.23. The first kappa shape index (κ1) is 22.5. The number of carboxylic acids is 1. The minimum atomic E-state index is -1.10. The highest BCUT2D eigenvalue weighted by Crippen LogP contribution is 2.37. The number of carboxylic acid groups (broad SMARTS) is 1. The van der Waals surface area contributed by atoms with E-state index in [-0.39, 0.29) is 31.1 Å². The monoisotopic (exact) mass is 456 g/mol. The van der Waals surface area contributed by atoms with Gasteiger partial charge in [0, 0.05) is 35.2 Å². The molecule has 1 aromatic carbocycles. The Bertz CT molecular complexity index is 1120. The van der Waals surface area contributed by atoms with Crippen LogP contribution in [-0.2, 0) is 22.4 Å². The molecule has 170 valence electrons. The lowest BCUT2D eigenvalue weighted by atomic mass is 9.93. The van der Waals surface area contributed by atoms with Gasteiger partial charge in [-0.1, -0.05) is 12.1 Å². The zero-order valence-corrected chi connectivity index (χ0v) is 19.5. The first-order chi connectivity index (χ1) is 15.1. The fraction of sp³-hybridized carbons (Fsp3) is 0.500. The highest BCUT2D eigenvalue weighted by atomic mass is 32.1. The zero-order valence-electron chi connectivity index (χ0n) is 18.6. The molecule has 1 N–H and O–H groups in total. The van der Waals surface area contributed by atoms with Gasteiger partial charge in [-0.3, -0.25) is 19.3 Å². The number of likely N-dealkylation sites (N-methyl/N-ethyl adjacent to an activating group) is 1. The summed E-state index contributed by atoms with van der Waals surface area (Å²) in [6.45, 7) is 3.29. The summed E-state index contributed by atoms with van der Waals surface area (Å²) in [5.74, 6) is -2.66. The number of benzene rings is 1. The molecule has 8 heteroatoms. The number of hydrogen-bond donors (Lipinski definition) is 1. The molecular weight excluding hydrogens is 428 g/mol. The molecule has 1 saturated heterocycles. The maximum Gasteiger partial charge on any atom is 0.327 e. The van der Waals surface area contributed by atoms with Crippen molar-refractivity contribution in [3.63, 3.8) is 0 Å². The molecule has 1 atom stereocenters. The topological polar surface area (TPSA) is 95.0 Å². The van der Waals surface area contributed by atoms with Gasteiger partial charge in [0.1, 0.15) is 5.54 Å². The van der Waals surface area contributed by atoms with Gasteiger partial charge in [0.25, 0.3) is 5.91 Å². The van der Waals surface area contributed by atoms with Gasteiger partial charge >= 0.3 is 12.0 Å². The van der Waals surface area contributed by atoms with Gasteiger partial charge in [-0.15, -0.1) is 11.3 Å². The van der Waals surface area contributed by atoms with Gasteiger partial charge in [0.2, 0.25) is 0 Å². The number of carbonyl (C=O) groups is 4. The number of rotatable bonds is 7. The third kappa shape index (κ3) is 3.81. The molecule has 32 heavy (non-hydrogen) atoms. The largest absolute Gasteiger partial charge is 0.481 e. The molecule has 4 rings (SSSR count). The molecule has 0 unspecified atom stereocenters. The van der Waals surface area contributed by atoms with Crippen molar-refractivity contribution < 1.29 is 24.3 Å². The number of urea groups is 1. The number of hydrogen-bond acceptors (Lipinski definition) is 5. The van der Waals surface area contributed by atoms with Gasteiger partial charge in [-0.25, -0.2) is 4.79 Å². The number of aliphatic carboxylic acids is 1. The van der Waals surface area contributed by atoms with Crippen molar-refractivity contribution in [1.29, 1.82) is 0 Å². The van der Waals surface area contributed by atoms with Crippen LogP contribution in [0.15, 0.2) is 18.2 Å². The van der Waals surface area contributed by atoms with Crippen LogP contribution in [0.4, 0.5) is 4.79 Å². The number of imide groups is 1. The molecule has 7 nitrogen and oxygen atoms in total. The zero-order chi connectivity index (χ0) is 23.2. The average Bonchev–Trinajstić information content (AvgIpc) is 3.20. The smallest absolute Gasteiger partial charge is 0.327 e. The van der Waals surface area contributed by atoms with Crippen LogP contribution in [-0.4, -0.2) is 57.7 Å². The predicted molar refractivity (Wildman–Crippen MR) is 122 cm³/mol. The number of nitrogens with zero attached hydrogens (tertiary/aromatic N) is 2. The molecule has 2 aromatic rings. The second-order valence-corrected chi connectivity index (χ2v) is 10.4. The Morgan fingerprint density at radius 1 is 1.19 bits per heavy atom. The molecule has 0 radical (unpaired) electrons. The summed E-state index contributed by atoms with van der Waals surface area (Å²) in [7, 11) is 1.55. The van der Waals surface area contributed by atoms with Crippen LogP contribution in [0.5, 0.6) is 0 Å². The van der Waals surface area contributed by atoms with Crippen LogP contribution >= 0.6 is 11.3 Å². The number of carbonyl (C=O) groups excluding carboxylic acids is 3. The Hall–Kier alpha value is -2.74. The third-order valence-corrected chi connectivity index (χ3v) is 8.14. The lowest BCUT2D eigenvalue weighted by Crippen LogP contribution is -2.41. The molecule has 0 saturated carbocycles. The first-order valence-corrected chi connectivity index (χ1v) is 11.8. The van der Waals surface area contributed by atoms with Crippen LogP contribution < -0.4 is 0 Å². The summed E-state index contributed by atoms with van der Waals surface area (Å²) in [6, 6.07) is 5.21. The van der Waals surface area contributed by atoms with Crippen molar-refractivity contribution in [3.8, 4) is 0 Å². The lowest BCUT2D eigenvalue weighted by Gasteiger charge is -2.22. The molecule has 0 spiro atoms. The van der Waals surface area contributed by atoms with Crippen molar-refractivity contribution >= 4 is 45.1 Å². The van der Waals surface area contributed by atoms with Crippen LogP contribution in [0, 0.1) is 5.92 Å². The van der Waals surface area contributed by atoms with E-state index in [4.69, 9.17) is 0 Å². The van der Waals surface area contributed by atoms with Gasteiger partial charge in [-0.2, -0.15) is 0 Å². The molecular formula is C24H28N2O5S. The third-order valence-electron chi connectivity index (χ3n) is 6.89. The quantitative estimate of drug-likeness (QED) is 0.500. The van der Waals surface area contributed by atoms with Crippen LogP contribution in [0.25, 0.3) is 10.1 Å². The number of aryl methyl sites for hydroxylation is 2. The molecule has 2 aliphatic rings. The van der Waals surface area contributed by atoms with Crippen molar-refractivity contribution in [1.82, 2.24) is 9.80 Å². The van der Waals surface area contributed by atoms with E-state index in [1.165, 1.54) is 33.6 Å². The van der Waals surface area contributed by atoms with E-state index >= 15 is 0 Å². The standard InChI is InChI=1S/C24H28N2O5S/c1-24(2)22(30)26(23(31)25(24)3)11-10-15(21(28)29)12-18(27)14-8-9-17-16-6-4-5-7-19(16)32-20(17)13-14/h8-9,13,15H,4-7,10-12H2,1-3H3,(H,28,29)/t15-/m1/s1. The van der Waals surface area contributed by atoms with Crippen molar-refractivity contribution in [2.75, 3.05) is 13.6 Å². The summed E-state index contributed by atoms with van der Waals surface area (Å²) >= 11 is 1.73. The van der Waals surface area contributed by atoms with E-state index in [0.29, 0.717) is 5.56 Å². The van der Waals surface area contributed by atoms with Gasteiger partial charge in [0.15, 0.2) is 5.78 Å². The summed E-state index contributed by atoms with van der Waals surface area (Å²) < 4.78 is 1.08. The summed E-state index contributed by atoms with van der Waals surface area (Å²) in [6.07, 6.45) is 4.41. The van der Waals surface area contributed by atoms with Crippen molar-refractivity contribution in [2.24, 2.45) is 5.92 Å². The van der Waals surface area contributed by atoms with Crippen LogP contribution in [0.3, 0.4) is 0 Å². The molecule has 2 heterocycles. The minimum Gasteiger partial charge on any atom is -0.481 e. The molecule has 0 bridgehead atoms. The molecule has 3 amide bonds. The van der Waals surface area contributed by atoms with E-state index in [1.807, 2.05) is 12.1 Å². The normalized spacial score (nSPS) is 18.8. The number of fused-ring (bicyclic) bond motifs is 3. The average molecular weight is 457 g/mol. The fourth-order valence-electron chi connectivity index (χ4n) is 4.55. The van der Waals surface area contributed by atoms with Crippen LogP contribution in [0.1, 0.15) is 60.3 Å². The van der Waals surface area contributed by atoms with E-state index in [9.17, 15) is 24.3 Å². The Balaban J connectivity index is 1.46. The highest BCUT2D eigenvalue weighted by Gasteiger charge is 2.49. The maximum atomic E-state index is 12.9. The fourth-order valence-corrected chi connectivity index (χ4v) is 5.89. The molecule has 1 aliphatic heterocycles. The number of Topliss-reactive ketones (excluding diaryl/α,β-unsaturated/α-hetero) is 1. The first-order valence-electron chi connectivity index (χ1n) is 11.0. The Morgan fingerprint density at radius 3 is 2.56 bits per heavy atom. The Labute approximate surface area is 191 Å². The van der Waals surface area contributed by atoms with Gasteiger partial charge in [0.05, 0.1) is 5.92 Å². The maximum absolute atomic E-state index is 12.9. The molecule has 1 aliphatic carbocycles. The SMILES string of the molecule is CN1C(=O)N(CC[C@H](CC(=O)c2ccc3c4c(sc3c2)CCCC4)C(=O)O)C(=O)C1(C)C. The van der Waals surface area contributed by atoms with E-state index in [1.54, 1.807) is 38.3 Å². The van der Waals surface area contributed by atoms with Crippen molar-refractivity contribution in [3.05, 3.63) is 34.2 Å². The second kappa shape index (κ2) is 8.31. The summed E-state index contributed by atoms with van der Waals surface area (Å²) in [4.78, 5) is 53.5. The Kier molecular flexibility index (Phi) is 5.83. The van der Waals surface area contributed by atoms with Crippen LogP contribution in [0.2, 0.25) is 0 Å². The summed E-state index contributed by atoms with van der Waals surface area (Å²) in [5, 5.41) is 10.9. The molecule has 1 aromatic heterocycles.